The lowest BCUT2D eigenvalue weighted by Crippen LogP contribution is -2.06. The minimum Gasteiger partial charge on any atom is -0.377 e. The number of anilines is 1. The van der Waals surface area contributed by atoms with Crippen LogP contribution in [0.15, 0.2) is 41.0 Å². The summed E-state index contributed by atoms with van der Waals surface area (Å²) in [6, 6.07) is 9.33. The molecule has 0 radical (unpaired) electrons. The van der Waals surface area contributed by atoms with Crippen molar-refractivity contribution in [3.63, 3.8) is 0 Å². The van der Waals surface area contributed by atoms with Crippen molar-refractivity contribution < 1.29 is 9.13 Å². The molecule has 20 heavy (non-hydrogen) atoms. The molecular formula is C15H16BrFN2O. The normalized spacial score (nSPS) is 10.6. The van der Waals surface area contributed by atoms with Crippen molar-refractivity contribution in [1.29, 1.82) is 0 Å². The van der Waals surface area contributed by atoms with Gasteiger partial charge in [0.05, 0.1) is 6.61 Å². The minimum absolute atomic E-state index is 0.249. The van der Waals surface area contributed by atoms with Gasteiger partial charge in [0.25, 0.3) is 0 Å². The number of nitrogens with zero attached hydrogens (tertiary/aromatic N) is 1. The number of aromatic nitrogens is 1. The van der Waals surface area contributed by atoms with Gasteiger partial charge in [-0.25, -0.2) is 9.37 Å². The zero-order chi connectivity index (χ0) is 14.4. The van der Waals surface area contributed by atoms with Crippen molar-refractivity contribution in [1.82, 2.24) is 4.98 Å². The van der Waals surface area contributed by atoms with E-state index in [0.717, 1.165) is 11.1 Å². The summed E-state index contributed by atoms with van der Waals surface area (Å²) >= 11 is 3.19. The first kappa shape index (κ1) is 14.9. The van der Waals surface area contributed by atoms with Gasteiger partial charge in [-0.1, -0.05) is 24.3 Å². The van der Waals surface area contributed by atoms with E-state index in [1.165, 1.54) is 6.07 Å². The Bertz CT molecular complexity index is 578. The van der Waals surface area contributed by atoms with Crippen LogP contribution in [0.25, 0.3) is 0 Å². The van der Waals surface area contributed by atoms with Gasteiger partial charge in [-0.2, -0.15) is 0 Å². The summed E-state index contributed by atoms with van der Waals surface area (Å²) in [6.07, 6.45) is 1.57. The minimum atomic E-state index is -0.373. The maximum atomic E-state index is 13.7. The molecule has 5 heteroatoms. The number of ether oxygens (including phenoxy) is 1. The smallest absolute Gasteiger partial charge is 0.166 e. The van der Waals surface area contributed by atoms with Gasteiger partial charge in [0.15, 0.2) is 11.6 Å². The summed E-state index contributed by atoms with van der Waals surface area (Å²) < 4.78 is 19.7. The van der Waals surface area contributed by atoms with Crippen molar-refractivity contribution in [3.05, 3.63) is 57.9 Å². The summed E-state index contributed by atoms with van der Waals surface area (Å²) in [7, 11) is 0. The lowest BCUT2D eigenvalue weighted by Gasteiger charge is -2.11. The largest absolute Gasteiger partial charge is 0.377 e. The van der Waals surface area contributed by atoms with Crippen LogP contribution in [0.5, 0.6) is 0 Å². The van der Waals surface area contributed by atoms with E-state index >= 15 is 0 Å². The Morgan fingerprint density at radius 3 is 2.75 bits per heavy atom. The number of nitrogens with one attached hydrogen (secondary N) is 1. The fraction of sp³-hybridized carbons (Fsp3) is 0.267. The first-order valence-electron chi connectivity index (χ1n) is 6.40. The molecule has 106 valence electrons. The molecular weight excluding hydrogens is 323 g/mol. The molecule has 0 atom stereocenters. The topological polar surface area (TPSA) is 34.1 Å². The van der Waals surface area contributed by atoms with Crippen LogP contribution in [0.4, 0.5) is 10.2 Å². The molecule has 1 N–H and O–H groups in total. The third kappa shape index (κ3) is 4.02. The molecule has 0 spiro atoms. The van der Waals surface area contributed by atoms with Crippen LogP contribution < -0.4 is 5.32 Å². The summed E-state index contributed by atoms with van der Waals surface area (Å²) in [5, 5.41) is 3.01. The van der Waals surface area contributed by atoms with Crippen LogP contribution >= 0.6 is 15.9 Å². The Morgan fingerprint density at radius 1 is 1.30 bits per heavy atom. The second-order valence-corrected chi connectivity index (χ2v) is 5.16. The number of halogens is 2. The number of benzene rings is 1. The predicted octanol–water partition coefficient (Wildman–Crippen LogP) is 4.13. The molecule has 2 rings (SSSR count). The highest BCUT2D eigenvalue weighted by molar-refractivity contribution is 9.10. The molecule has 1 aromatic carbocycles. The molecule has 0 unspecified atom stereocenters. The Kier molecular flexibility index (Phi) is 5.49. The molecule has 0 amide bonds. The number of rotatable bonds is 6. The van der Waals surface area contributed by atoms with Gasteiger partial charge in [-0.3, -0.25) is 0 Å². The van der Waals surface area contributed by atoms with Crippen LogP contribution in [-0.2, 0) is 17.9 Å². The van der Waals surface area contributed by atoms with Gasteiger partial charge in [0, 0.05) is 23.8 Å². The maximum Gasteiger partial charge on any atom is 0.166 e. The quantitative estimate of drug-likeness (QED) is 0.859. The molecule has 0 saturated carbocycles. The Hall–Kier alpha value is -1.46. The fourth-order valence-electron chi connectivity index (χ4n) is 1.81. The summed E-state index contributed by atoms with van der Waals surface area (Å²) in [5.41, 5.74) is 2.17. The SMILES string of the molecule is CCOCc1ccccc1CNc1ncc(Br)cc1F. The molecule has 3 nitrogen and oxygen atoms in total. The average Bonchev–Trinajstić information content (AvgIpc) is 2.45. The van der Waals surface area contributed by atoms with E-state index in [-0.39, 0.29) is 11.6 Å². The summed E-state index contributed by atoms with van der Waals surface area (Å²) in [5.74, 6) is -0.124. The Morgan fingerprint density at radius 2 is 2.05 bits per heavy atom. The number of hydrogen-bond acceptors (Lipinski definition) is 3. The summed E-state index contributed by atoms with van der Waals surface area (Å²) in [4.78, 5) is 4.02. The zero-order valence-corrected chi connectivity index (χ0v) is 12.8. The fourth-order valence-corrected chi connectivity index (χ4v) is 2.11. The third-order valence-electron chi connectivity index (χ3n) is 2.83. The van der Waals surface area contributed by atoms with Crippen LogP contribution in [0.2, 0.25) is 0 Å². The van der Waals surface area contributed by atoms with Crippen LogP contribution in [-0.4, -0.2) is 11.6 Å². The zero-order valence-electron chi connectivity index (χ0n) is 11.2. The van der Waals surface area contributed by atoms with Gasteiger partial charge in [-0.15, -0.1) is 0 Å². The molecule has 0 saturated heterocycles. The van der Waals surface area contributed by atoms with E-state index in [9.17, 15) is 4.39 Å². The monoisotopic (exact) mass is 338 g/mol. The molecule has 0 aliphatic carbocycles. The number of pyridine rings is 1. The van der Waals surface area contributed by atoms with Gasteiger partial charge < -0.3 is 10.1 Å². The van der Waals surface area contributed by atoms with Crippen LogP contribution in [0, 0.1) is 5.82 Å². The van der Waals surface area contributed by atoms with E-state index in [0.29, 0.717) is 24.2 Å². The first-order valence-corrected chi connectivity index (χ1v) is 7.19. The van der Waals surface area contributed by atoms with E-state index in [1.807, 2.05) is 31.2 Å². The third-order valence-corrected chi connectivity index (χ3v) is 3.27. The van der Waals surface area contributed by atoms with Crippen molar-refractivity contribution in [2.24, 2.45) is 0 Å². The molecule has 1 aromatic heterocycles. The van der Waals surface area contributed by atoms with Crippen molar-refractivity contribution in [2.45, 2.75) is 20.1 Å². The van der Waals surface area contributed by atoms with Gasteiger partial charge >= 0.3 is 0 Å². The lowest BCUT2D eigenvalue weighted by molar-refractivity contribution is 0.133. The molecule has 2 aromatic rings. The van der Waals surface area contributed by atoms with E-state index in [4.69, 9.17) is 4.74 Å². The highest BCUT2D eigenvalue weighted by Crippen LogP contribution is 2.18. The average molecular weight is 339 g/mol. The molecule has 0 bridgehead atoms. The molecule has 0 aliphatic heterocycles. The second-order valence-electron chi connectivity index (χ2n) is 4.24. The van der Waals surface area contributed by atoms with Crippen LogP contribution in [0.3, 0.4) is 0 Å². The van der Waals surface area contributed by atoms with E-state index in [1.54, 1.807) is 6.20 Å². The first-order chi connectivity index (χ1) is 9.70. The van der Waals surface area contributed by atoms with Gasteiger partial charge in [0.1, 0.15) is 0 Å². The molecule has 1 heterocycles. The maximum absolute atomic E-state index is 13.7. The molecule has 0 fully saturated rings. The summed E-state index contributed by atoms with van der Waals surface area (Å²) in [6.45, 7) is 3.70. The Labute approximate surface area is 126 Å². The van der Waals surface area contributed by atoms with Crippen LogP contribution in [0.1, 0.15) is 18.1 Å². The van der Waals surface area contributed by atoms with Crippen molar-refractivity contribution in [2.75, 3.05) is 11.9 Å². The van der Waals surface area contributed by atoms with Crippen molar-refractivity contribution in [3.8, 4) is 0 Å². The van der Waals surface area contributed by atoms with Crippen molar-refractivity contribution >= 4 is 21.7 Å². The van der Waals surface area contributed by atoms with Gasteiger partial charge in [-0.05, 0) is 40.0 Å². The highest BCUT2D eigenvalue weighted by Gasteiger charge is 2.06. The Balaban J connectivity index is 2.06. The standard InChI is InChI=1S/C15H16BrFN2O/c1-2-20-10-12-6-4-3-5-11(12)8-18-15-14(17)7-13(16)9-19-15/h3-7,9H,2,8,10H2,1H3,(H,18,19). The second kappa shape index (κ2) is 7.36. The number of hydrogen-bond donors (Lipinski definition) is 1. The van der Waals surface area contributed by atoms with E-state index < -0.39 is 0 Å². The predicted molar refractivity (Wildman–Crippen MR) is 81.0 cm³/mol. The van der Waals surface area contributed by atoms with E-state index in [2.05, 4.69) is 26.2 Å². The highest BCUT2D eigenvalue weighted by atomic mass is 79.9. The molecule has 0 aliphatic rings. The lowest BCUT2D eigenvalue weighted by atomic mass is 10.1. The van der Waals surface area contributed by atoms with Gasteiger partial charge in [0.2, 0.25) is 0 Å².